The predicted octanol–water partition coefficient (Wildman–Crippen LogP) is 2.15. The average molecular weight is 481 g/mol. The number of rotatable bonds is 6. The zero-order valence-corrected chi connectivity index (χ0v) is 19.4. The monoisotopic (exact) mass is 480 g/mol. The molecule has 0 bridgehead atoms. The largest absolute Gasteiger partial charge is 0.481 e. The van der Waals surface area contributed by atoms with Crippen molar-refractivity contribution < 1.29 is 33.7 Å². The Hall–Kier alpha value is -3.43. The van der Waals surface area contributed by atoms with Gasteiger partial charge in [0.15, 0.2) is 0 Å². The third kappa shape index (κ3) is 4.26. The minimum atomic E-state index is -1.07. The molecule has 9 nitrogen and oxygen atoms in total. The smallest absolute Gasteiger partial charge is 0.407 e. The Morgan fingerprint density at radius 3 is 2.29 bits per heavy atom. The summed E-state index contributed by atoms with van der Waals surface area (Å²) in [7, 11) is 0. The lowest BCUT2D eigenvalue weighted by atomic mass is 9.83. The Morgan fingerprint density at radius 1 is 0.971 bits per heavy atom. The Morgan fingerprint density at radius 2 is 1.63 bits per heavy atom. The van der Waals surface area contributed by atoms with E-state index in [9.17, 15) is 19.5 Å². The van der Waals surface area contributed by atoms with Crippen LogP contribution in [0.1, 0.15) is 24.0 Å². The molecule has 1 aliphatic carbocycles. The number of alkyl carbamates (subject to hydrolysis) is 1. The molecule has 2 amide bonds. The van der Waals surface area contributed by atoms with Crippen molar-refractivity contribution in [2.45, 2.75) is 24.9 Å². The van der Waals surface area contributed by atoms with Gasteiger partial charge in [0.1, 0.15) is 12.5 Å². The zero-order valence-electron chi connectivity index (χ0n) is 19.4. The van der Waals surface area contributed by atoms with Crippen LogP contribution in [0.2, 0.25) is 0 Å². The van der Waals surface area contributed by atoms with Gasteiger partial charge in [0, 0.05) is 5.92 Å². The highest BCUT2D eigenvalue weighted by Gasteiger charge is 2.49. The maximum Gasteiger partial charge on any atom is 0.407 e. The molecular weight excluding hydrogens is 452 g/mol. The molecule has 184 valence electrons. The standard InChI is InChI=1S/C26H28N2O7/c1-26(24(31)27-21-12-33-10-20(21)23(29)30)14-34-13-22(26)28-25(32)35-11-19-17-8-4-2-6-15(17)16-7-3-5-9-18(16)19/h2-9,19-22H,10-14H2,1H3,(H,27,31)(H,28,32)(H,29,30). The van der Waals surface area contributed by atoms with E-state index in [0.717, 1.165) is 22.3 Å². The Kier molecular flexibility index (Phi) is 6.21. The lowest BCUT2D eigenvalue weighted by Gasteiger charge is -2.30. The number of amides is 2. The molecule has 0 aromatic heterocycles. The number of ether oxygens (including phenoxy) is 3. The summed E-state index contributed by atoms with van der Waals surface area (Å²) in [6, 6.07) is 14.9. The lowest BCUT2D eigenvalue weighted by Crippen LogP contribution is -2.56. The second kappa shape index (κ2) is 9.31. The average Bonchev–Trinajstić information content (AvgIpc) is 3.55. The molecule has 4 unspecified atom stereocenters. The van der Waals surface area contributed by atoms with Crippen LogP contribution in [0.15, 0.2) is 48.5 Å². The number of hydrogen-bond donors (Lipinski definition) is 3. The number of hydrogen-bond acceptors (Lipinski definition) is 6. The summed E-state index contributed by atoms with van der Waals surface area (Å²) < 4.78 is 16.4. The van der Waals surface area contributed by atoms with Crippen LogP contribution in [0.25, 0.3) is 11.1 Å². The molecule has 2 aromatic carbocycles. The summed E-state index contributed by atoms with van der Waals surface area (Å²) in [6.07, 6.45) is -0.631. The highest BCUT2D eigenvalue weighted by atomic mass is 16.5. The molecule has 0 spiro atoms. The predicted molar refractivity (Wildman–Crippen MR) is 125 cm³/mol. The van der Waals surface area contributed by atoms with E-state index in [0.29, 0.717) is 0 Å². The van der Waals surface area contributed by atoms with Crippen LogP contribution in [-0.2, 0) is 23.8 Å². The van der Waals surface area contributed by atoms with Crippen LogP contribution in [0, 0.1) is 11.3 Å². The molecule has 0 radical (unpaired) electrons. The number of carbonyl (C=O) groups excluding carboxylic acids is 2. The van der Waals surface area contributed by atoms with Crippen LogP contribution in [-0.4, -0.2) is 68.2 Å². The van der Waals surface area contributed by atoms with Gasteiger partial charge < -0.3 is 30.0 Å². The Balaban J connectivity index is 1.22. The topological polar surface area (TPSA) is 123 Å². The van der Waals surface area contributed by atoms with Gasteiger partial charge in [-0.15, -0.1) is 0 Å². The summed E-state index contributed by atoms with van der Waals surface area (Å²) in [6.45, 7) is 2.28. The molecule has 2 aromatic rings. The van der Waals surface area contributed by atoms with Crippen LogP contribution in [0.3, 0.4) is 0 Å². The molecule has 35 heavy (non-hydrogen) atoms. The molecule has 2 aliphatic heterocycles. The second-order valence-electron chi connectivity index (χ2n) is 9.52. The van der Waals surface area contributed by atoms with E-state index >= 15 is 0 Å². The maximum absolute atomic E-state index is 13.1. The summed E-state index contributed by atoms with van der Waals surface area (Å²) in [4.78, 5) is 37.3. The van der Waals surface area contributed by atoms with Crippen LogP contribution < -0.4 is 10.6 Å². The van der Waals surface area contributed by atoms with E-state index in [1.807, 2.05) is 36.4 Å². The quantitative estimate of drug-likeness (QED) is 0.579. The number of fused-ring (bicyclic) bond motifs is 3. The van der Waals surface area contributed by atoms with E-state index in [1.165, 1.54) is 0 Å². The van der Waals surface area contributed by atoms with Gasteiger partial charge in [-0.3, -0.25) is 9.59 Å². The highest BCUT2D eigenvalue weighted by Crippen LogP contribution is 2.44. The first-order valence-corrected chi connectivity index (χ1v) is 11.7. The maximum atomic E-state index is 13.1. The van der Waals surface area contributed by atoms with Crippen LogP contribution >= 0.6 is 0 Å². The number of nitrogens with one attached hydrogen (secondary N) is 2. The van der Waals surface area contributed by atoms with Gasteiger partial charge in [0.2, 0.25) is 5.91 Å². The second-order valence-corrected chi connectivity index (χ2v) is 9.52. The normalized spacial score (nSPS) is 27.2. The van der Waals surface area contributed by atoms with Crippen molar-refractivity contribution in [1.82, 2.24) is 10.6 Å². The molecule has 0 saturated carbocycles. The molecule has 3 N–H and O–H groups in total. The number of aliphatic carboxylic acids is 1. The van der Waals surface area contributed by atoms with Crippen LogP contribution in [0.4, 0.5) is 4.79 Å². The number of carboxylic acids is 1. The fraction of sp³-hybridized carbons (Fsp3) is 0.423. The number of benzene rings is 2. The van der Waals surface area contributed by atoms with Gasteiger partial charge in [-0.05, 0) is 29.2 Å². The molecule has 9 heteroatoms. The molecule has 2 fully saturated rings. The van der Waals surface area contributed by atoms with Crippen molar-refractivity contribution >= 4 is 18.0 Å². The molecular formula is C26H28N2O7. The van der Waals surface area contributed by atoms with E-state index in [-0.39, 0.29) is 44.9 Å². The fourth-order valence-corrected chi connectivity index (χ4v) is 5.15. The van der Waals surface area contributed by atoms with E-state index in [2.05, 4.69) is 22.8 Å². The summed E-state index contributed by atoms with van der Waals surface area (Å²) >= 11 is 0. The first-order chi connectivity index (χ1) is 16.9. The third-order valence-corrected chi connectivity index (χ3v) is 7.32. The van der Waals surface area contributed by atoms with Gasteiger partial charge in [-0.2, -0.15) is 0 Å². The fourth-order valence-electron chi connectivity index (χ4n) is 5.15. The van der Waals surface area contributed by atoms with Crippen molar-refractivity contribution in [3.63, 3.8) is 0 Å². The molecule has 2 saturated heterocycles. The first-order valence-electron chi connectivity index (χ1n) is 11.7. The van der Waals surface area contributed by atoms with Crippen LogP contribution in [0.5, 0.6) is 0 Å². The SMILES string of the molecule is CC1(C(=O)NC2COCC2C(=O)O)COCC1NC(=O)OCC1c2ccccc2-c2ccccc21. The summed E-state index contributed by atoms with van der Waals surface area (Å²) in [5.41, 5.74) is 3.43. The van der Waals surface area contributed by atoms with E-state index in [4.69, 9.17) is 14.2 Å². The Bertz CT molecular complexity index is 1110. The Labute approximate surface area is 202 Å². The van der Waals surface area contributed by atoms with Gasteiger partial charge in [-0.25, -0.2) is 4.79 Å². The minimum absolute atomic E-state index is 0.0505. The van der Waals surface area contributed by atoms with Crippen molar-refractivity contribution in [2.75, 3.05) is 33.0 Å². The number of carbonyl (C=O) groups is 3. The molecule has 5 rings (SSSR count). The highest BCUT2D eigenvalue weighted by molar-refractivity contribution is 5.85. The zero-order chi connectivity index (χ0) is 24.6. The minimum Gasteiger partial charge on any atom is -0.481 e. The third-order valence-electron chi connectivity index (χ3n) is 7.32. The van der Waals surface area contributed by atoms with Crippen molar-refractivity contribution in [2.24, 2.45) is 11.3 Å². The van der Waals surface area contributed by atoms with Crippen molar-refractivity contribution in [1.29, 1.82) is 0 Å². The first kappa shape index (κ1) is 23.3. The molecule has 3 aliphatic rings. The van der Waals surface area contributed by atoms with Crippen molar-refractivity contribution in [3.8, 4) is 11.1 Å². The summed E-state index contributed by atoms with van der Waals surface area (Å²) in [5, 5.41) is 14.9. The van der Waals surface area contributed by atoms with E-state index in [1.54, 1.807) is 6.92 Å². The van der Waals surface area contributed by atoms with E-state index < -0.39 is 35.5 Å². The van der Waals surface area contributed by atoms with Gasteiger partial charge in [-0.1, -0.05) is 48.5 Å². The lowest BCUT2D eigenvalue weighted by molar-refractivity contribution is -0.142. The summed E-state index contributed by atoms with van der Waals surface area (Å²) in [5.74, 6) is -2.29. The van der Waals surface area contributed by atoms with Gasteiger partial charge in [0.05, 0.1) is 43.9 Å². The van der Waals surface area contributed by atoms with Crippen molar-refractivity contribution in [3.05, 3.63) is 59.7 Å². The van der Waals surface area contributed by atoms with Gasteiger partial charge >= 0.3 is 12.1 Å². The molecule has 4 atom stereocenters. The molecule has 2 heterocycles. The van der Waals surface area contributed by atoms with Gasteiger partial charge in [0.25, 0.3) is 0 Å². The number of carboxylic acid groups (broad SMARTS) is 1.